The number of sulfonamides is 1. The van der Waals surface area contributed by atoms with Crippen molar-refractivity contribution in [2.45, 2.75) is 4.90 Å². The molecule has 0 fully saturated rings. The fraction of sp³-hybridized carbons (Fsp3) is 0. The quantitative estimate of drug-likeness (QED) is 0.259. The number of nitrogens with zero attached hydrogens (tertiary/aromatic N) is 3. The number of benzene rings is 3. The molecular formula is C23H17N5O6S. The molecule has 11 nitrogen and oxygen atoms in total. The molecular weight excluding hydrogens is 474 g/mol. The Hall–Kier alpha value is -4.84. The molecule has 0 aliphatic heterocycles. The summed E-state index contributed by atoms with van der Waals surface area (Å²) in [6.07, 6.45) is 2.84. The van der Waals surface area contributed by atoms with Crippen LogP contribution in [0.2, 0.25) is 0 Å². The molecule has 0 aliphatic rings. The van der Waals surface area contributed by atoms with Crippen LogP contribution in [0.5, 0.6) is 5.75 Å². The predicted molar refractivity (Wildman–Crippen MR) is 127 cm³/mol. The van der Waals surface area contributed by atoms with Crippen molar-refractivity contribution in [1.82, 2.24) is 9.97 Å². The lowest BCUT2D eigenvalue weighted by Gasteiger charge is -2.09. The number of anilines is 2. The summed E-state index contributed by atoms with van der Waals surface area (Å²) in [4.78, 5) is 30.8. The number of nitro groups is 1. The van der Waals surface area contributed by atoms with Gasteiger partial charge in [0.05, 0.1) is 27.9 Å². The maximum absolute atomic E-state index is 12.5. The lowest BCUT2D eigenvalue weighted by molar-refractivity contribution is -0.385. The summed E-state index contributed by atoms with van der Waals surface area (Å²) in [5.41, 5.74) is 1.03. The van der Waals surface area contributed by atoms with Gasteiger partial charge in [0.2, 0.25) is 0 Å². The molecule has 0 radical (unpaired) electrons. The molecule has 0 spiro atoms. The molecule has 4 rings (SSSR count). The third-order valence-corrected chi connectivity index (χ3v) is 6.13. The van der Waals surface area contributed by atoms with Gasteiger partial charge in [-0.25, -0.2) is 18.4 Å². The molecule has 0 unspecified atom stereocenters. The van der Waals surface area contributed by atoms with E-state index in [2.05, 4.69) is 20.0 Å². The van der Waals surface area contributed by atoms with E-state index >= 15 is 0 Å². The van der Waals surface area contributed by atoms with Crippen LogP contribution in [0.25, 0.3) is 11.4 Å². The van der Waals surface area contributed by atoms with Gasteiger partial charge in [-0.15, -0.1) is 0 Å². The van der Waals surface area contributed by atoms with Crippen LogP contribution in [0.1, 0.15) is 10.4 Å². The molecule has 1 amide bonds. The standard InChI is InChI=1S/C23H17N5O6S/c29-20-5-1-3-16(11-20)22-24-13-18(14-25-22)26-23(30)15-7-9-17(10-8-15)27-35(33,34)21-6-2-4-19(12-21)28(31)32/h1-14,27,29H,(H,26,30). The van der Waals surface area contributed by atoms with E-state index in [9.17, 15) is 28.4 Å². The maximum atomic E-state index is 12.5. The molecule has 0 saturated heterocycles. The fourth-order valence-electron chi connectivity index (χ4n) is 3.06. The fourth-order valence-corrected chi connectivity index (χ4v) is 4.16. The summed E-state index contributed by atoms with van der Waals surface area (Å²) in [6, 6.07) is 16.7. The second-order valence-corrected chi connectivity index (χ2v) is 8.92. The van der Waals surface area contributed by atoms with E-state index in [1.165, 1.54) is 67.0 Å². The highest BCUT2D eigenvalue weighted by Gasteiger charge is 2.18. The van der Waals surface area contributed by atoms with Crippen molar-refractivity contribution in [3.8, 4) is 17.1 Å². The predicted octanol–water partition coefficient (Wildman–Crippen LogP) is 3.81. The number of aromatic nitrogens is 2. The highest BCUT2D eigenvalue weighted by atomic mass is 32.2. The smallest absolute Gasteiger partial charge is 0.270 e. The Morgan fingerprint density at radius 1 is 0.914 bits per heavy atom. The van der Waals surface area contributed by atoms with E-state index in [0.29, 0.717) is 17.1 Å². The third kappa shape index (κ3) is 5.57. The summed E-state index contributed by atoms with van der Waals surface area (Å²) < 4.78 is 27.4. The number of hydrogen-bond donors (Lipinski definition) is 3. The second-order valence-electron chi connectivity index (χ2n) is 7.24. The van der Waals surface area contributed by atoms with Crippen LogP contribution >= 0.6 is 0 Å². The lowest BCUT2D eigenvalue weighted by Crippen LogP contribution is -2.14. The number of aromatic hydroxyl groups is 1. The Labute approximate surface area is 199 Å². The maximum Gasteiger partial charge on any atom is 0.270 e. The first-order chi connectivity index (χ1) is 16.7. The number of nitro benzene ring substituents is 1. The highest BCUT2D eigenvalue weighted by molar-refractivity contribution is 7.92. The van der Waals surface area contributed by atoms with Crippen LogP contribution in [0, 0.1) is 10.1 Å². The SMILES string of the molecule is O=C(Nc1cnc(-c2cccc(O)c2)nc1)c1ccc(NS(=O)(=O)c2cccc([N+](=O)[O-])c2)cc1. The summed E-state index contributed by atoms with van der Waals surface area (Å²) in [7, 11) is -4.07. The van der Waals surface area contributed by atoms with Crippen LogP contribution in [0.15, 0.2) is 90.1 Å². The largest absolute Gasteiger partial charge is 0.508 e. The lowest BCUT2D eigenvalue weighted by atomic mass is 10.2. The number of phenols is 1. The van der Waals surface area contributed by atoms with Gasteiger partial charge in [0.1, 0.15) is 5.75 Å². The Balaban J connectivity index is 1.42. The van der Waals surface area contributed by atoms with Gasteiger partial charge in [0.15, 0.2) is 5.82 Å². The van der Waals surface area contributed by atoms with E-state index in [0.717, 1.165) is 6.07 Å². The molecule has 176 valence electrons. The van der Waals surface area contributed by atoms with E-state index in [1.54, 1.807) is 12.1 Å². The van der Waals surface area contributed by atoms with Gasteiger partial charge in [-0.1, -0.05) is 18.2 Å². The minimum atomic E-state index is -4.07. The zero-order valence-electron chi connectivity index (χ0n) is 17.8. The average molecular weight is 491 g/mol. The van der Waals surface area contributed by atoms with Crippen molar-refractivity contribution < 1.29 is 23.2 Å². The zero-order chi connectivity index (χ0) is 25.0. The zero-order valence-corrected chi connectivity index (χ0v) is 18.6. The Kier molecular flexibility index (Phi) is 6.38. The Morgan fingerprint density at radius 2 is 1.60 bits per heavy atom. The van der Waals surface area contributed by atoms with Gasteiger partial charge in [-0.05, 0) is 42.5 Å². The van der Waals surface area contributed by atoms with E-state index in [1.807, 2.05) is 0 Å². The molecule has 0 saturated carbocycles. The van der Waals surface area contributed by atoms with E-state index in [-0.39, 0.29) is 27.6 Å². The van der Waals surface area contributed by atoms with Gasteiger partial charge in [-0.3, -0.25) is 19.6 Å². The number of nitrogens with one attached hydrogen (secondary N) is 2. The van der Waals surface area contributed by atoms with Gasteiger partial charge in [-0.2, -0.15) is 0 Å². The van der Waals surface area contributed by atoms with Crippen LogP contribution in [-0.4, -0.2) is 34.3 Å². The topological polar surface area (TPSA) is 164 Å². The highest BCUT2D eigenvalue weighted by Crippen LogP contribution is 2.22. The number of phenolic OH excluding ortho intramolecular Hbond substituents is 1. The van der Waals surface area contributed by atoms with Crippen molar-refractivity contribution in [2.24, 2.45) is 0 Å². The second kappa shape index (κ2) is 9.57. The van der Waals surface area contributed by atoms with E-state index < -0.39 is 20.9 Å². The third-order valence-electron chi connectivity index (χ3n) is 4.75. The van der Waals surface area contributed by atoms with Crippen LogP contribution in [-0.2, 0) is 10.0 Å². The summed E-state index contributed by atoms with van der Waals surface area (Å²) in [5.74, 6) is -0.00891. The van der Waals surface area contributed by atoms with Crippen molar-refractivity contribution in [3.63, 3.8) is 0 Å². The number of carbonyl (C=O) groups excluding carboxylic acids is 1. The summed E-state index contributed by atoms with van der Waals surface area (Å²) in [6.45, 7) is 0. The molecule has 4 aromatic rings. The van der Waals surface area contributed by atoms with Gasteiger partial charge in [0, 0.05) is 28.9 Å². The molecule has 1 aromatic heterocycles. The number of rotatable bonds is 7. The Morgan fingerprint density at radius 3 is 2.26 bits per heavy atom. The van der Waals surface area contributed by atoms with Crippen molar-refractivity contribution >= 4 is 33.0 Å². The molecule has 35 heavy (non-hydrogen) atoms. The molecule has 0 atom stereocenters. The Bertz CT molecular complexity index is 1510. The molecule has 0 bridgehead atoms. The van der Waals surface area contributed by atoms with Crippen molar-refractivity contribution in [2.75, 3.05) is 10.0 Å². The normalized spacial score (nSPS) is 11.0. The molecule has 3 N–H and O–H groups in total. The first-order valence-electron chi connectivity index (χ1n) is 10.0. The molecule has 1 heterocycles. The first kappa shape index (κ1) is 23.3. The molecule has 0 aliphatic carbocycles. The number of carbonyl (C=O) groups is 1. The van der Waals surface area contributed by atoms with Crippen molar-refractivity contribution in [3.05, 3.63) is 101 Å². The monoisotopic (exact) mass is 491 g/mol. The van der Waals surface area contributed by atoms with Gasteiger partial charge >= 0.3 is 0 Å². The van der Waals surface area contributed by atoms with Gasteiger partial charge in [0.25, 0.3) is 21.6 Å². The minimum absolute atomic E-state index is 0.0827. The van der Waals surface area contributed by atoms with Gasteiger partial charge < -0.3 is 10.4 Å². The molecule has 3 aromatic carbocycles. The average Bonchev–Trinajstić information content (AvgIpc) is 2.85. The van der Waals surface area contributed by atoms with Crippen molar-refractivity contribution in [1.29, 1.82) is 0 Å². The molecule has 12 heteroatoms. The van der Waals surface area contributed by atoms with Crippen LogP contribution in [0.3, 0.4) is 0 Å². The first-order valence-corrected chi connectivity index (χ1v) is 11.5. The summed E-state index contributed by atoms with van der Waals surface area (Å²) >= 11 is 0. The number of hydrogen-bond acceptors (Lipinski definition) is 8. The van der Waals surface area contributed by atoms with Crippen LogP contribution in [0.4, 0.5) is 17.1 Å². The number of non-ortho nitro benzene ring substituents is 1. The summed E-state index contributed by atoms with van der Waals surface area (Å²) in [5, 5.41) is 23.1. The minimum Gasteiger partial charge on any atom is -0.508 e. The van der Waals surface area contributed by atoms with Crippen LogP contribution < -0.4 is 10.0 Å². The number of amides is 1. The van der Waals surface area contributed by atoms with E-state index in [4.69, 9.17) is 0 Å².